The van der Waals surface area contributed by atoms with Crippen molar-refractivity contribution in [2.75, 3.05) is 20.0 Å². The summed E-state index contributed by atoms with van der Waals surface area (Å²) in [5.74, 6) is 0.0364. The van der Waals surface area contributed by atoms with Crippen LogP contribution in [0.3, 0.4) is 0 Å². The van der Waals surface area contributed by atoms with E-state index < -0.39 is 4.92 Å². The Morgan fingerprint density at radius 1 is 1.70 bits per heavy atom. The molecule has 1 aromatic heterocycles. The molecule has 1 N–H and O–H groups in total. The fraction of sp³-hybridized carbons (Fsp3) is 0.273. The third kappa shape index (κ3) is 5.51. The van der Waals surface area contributed by atoms with Crippen LogP contribution in [0.15, 0.2) is 27.2 Å². The summed E-state index contributed by atoms with van der Waals surface area (Å²) in [6, 6.07) is 2.79. The number of hydrogen-bond acceptors (Lipinski definition) is 7. The second kappa shape index (κ2) is 8.46. The molecule has 7 nitrogen and oxygen atoms in total. The number of furan rings is 1. The second-order valence-corrected chi connectivity index (χ2v) is 4.93. The van der Waals surface area contributed by atoms with Crippen molar-refractivity contribution < 1.29 is 14.1 Å². The smallest absolute Gasteiger partial charge is 0.401 e. The second-order valence-electron chi connectivity index (χ2n) is 3.45. The van der Waals surface area contributed by atoms with Gasteiger partial charge < -0.3 is 9.15 Å². The van der Waals surface area contributed by atoms with Gasteiger partial charge in [0.05, 0.1) is 18.9 Å². The lowest BCUT2D eigenvalue weighted by molar-refractivity contribution is -0.402. The summed E-state index contributed by atoms with van der Waals surface area (Å²) in [6.07, 6.45) is 4.95. The molecule has 0 aliphatic heterocycles. The van der Waals surface area contributed by atoms with Crippen LogP contribution in [0.25, 0.3) is 6.08 Å². The molecule has 9 heteroatoms. The predicted molar refractivity (Wildman–Crippen MR) is 83.0 cm³/mol. The zero-order valence-corrected chi connectivity index (χ0v) is 12.5. The minimum Gasteiger partial charge on any atom is -0.401 e. The predicted octanol–water partition coefficient (Wildman–Crippen LogP) is 2.44. The molecule has 0 amide bonds. The molecular formula is C11H13N3O4S2. The first-order valence-corrected chi connectivity index (χ1v) is 7.01. The number of thioether (sulfide) groups is 1. The summed E-state index contributed by atoms with van der Waals surface area (Å²) in [6.45, 7) is 0.283. The van der Waals surface area contributed by atoms with Gasteiger partial charge in [-0.05, 0) is 18.4 Å². The summed E-state index contributed by atoms with van der Waals surface area (Å²) in [4.78, 5) is 9.92. The standard InChI is InChI=1S/C11H13N3O4S2/c1-17-7-8(6-12-13-11(19)20-2)5-9-3-4-10(18-9)14(15)16/h3-6H,7H2,1-2H3,(H,13,19). The van der Waals surface area contributed by atoms with E-state index in [0.717, 1.165) is 0 Å². The molecule has 0 saturated heterocycles. The molecule has 0 saturated carbocycles. The zero-order valence-electron chi connectivity index (χ0n) is 10.9. The first-order chi connectivity index (χ1) is 9.56. The highest BCUT2D eigenvalue weighted by Gasteiger charge is 2.10. The van der Waals surface area contributed by atoms with E-state index in [1.807, 2.05) is 6.26 Å². The molecule has 1 heterocycles. The Kier molecular flexibility index (Phi) is 6.91. The summed E-state index contributed by atoms with van der Waals surface area (Å²) < 4.78 is 10.6. The highest BCUT2D eigenvalue weighted by Crippen LogP contribution is 2.17. The first kappa shape index (κ1) is 16.3. The van der Waals surface area contributed by atoms with E-state index in [9.17, 15) is 10.1 Å². The Bertz CT molecular complexity index is 540. The highest BCUT2D eigenvalue weighted by atomic mass is 32.2. The van der Waals surface area contributed by atoms with E-state index in [4.69, 9.17) is 21.4 Å². The van der Waals surface area contributed by atoms with E-state index in [0.29, 0.717) is 15.7 Å². The summed E-state index contributed by atoms with van der Waals surface area (Å²) in [5, 5.41) is 14.5. The van der Waals surface area contributed by atoms with Crippen molar-refractivity contribution in [2.24, 2.45) is 5.10 Å². The number of hydrazone groups is 1. The lowest BCUT2D eigenvalue weighted by Crippen LogP contribution is -2.11. The SMILES string of the molecule is COCC(C=NNC(=S)SC)=Cc1ccc([N+](=O)[O-])o1. The maximum absolute atomic E-state index is 10.5. The van der Waals surface area contributed by atoms with Gasteiger partial charge in [-0.15, -0.1) is 0 Å². The van der Waals surface area contributed by atoms with Gasteiger partial charge >= 0.3 is 5.88 Å². The largest absolute Gasteiger partial charge is 0.433 e. The van der Waals surface area contributed by atoms with Gasteiger partial charge in [0.2, 0.25) is 0 Å². The van der Waals surface area contributed by atoms with Crippen molar-refractivity contribution in [3.63, 3.8) is 0 Å². The average Bonchev–Trinajstić information content (AvgIpc) is 2.87. The Morgan fingerprint density at radius 3 is 3.00 bits per heavy atom. The van der Waals surface area contributed by atoms with Crippen LogP contribution in [0.5, 0.6) is 0 Å². The quantitative estimate of drug-likeness (QED) is 0.373. The number of nitro groups is 1. The fourth-order valence-electron chi connectivity index (χ4n) is 1.20. The molecule has 0 aromatic carbocycles. The number of thiocarbonyl (C=S) groups is 1. The lowest BCUT2D eigenvalue weighted by Gasteiger charge is -2.00. The van der Waals surface area contributed by atoms with Crippen LogP contribution in [0.4, 0.5) is 5.88 Å². The van der Waals surface area contributed by atoms with Gasteiger partial charge in [0.25, 0.3) is 0 Å². The molecule has 0 aliphatic carbocycles. The molecule has 0 radical (unpaired) electrons. The number of methoxy groups -OCH3 is 1. The van der Waals surface area contributed by atoms with Gasteiger partial charge in [-0.25, -0.2) is 0 Å². The molecule has 0 atom stereocenters. The normalized spacial score (nSPS) is 11.8. The summed E-state index contributed by atoms with van der Waals surface area (Å²) >= 11 is 6.29. The molecular weight excluding hydrogens is 302 g/mol. The monoisotopic (exact) mass is 315 g/mol. The average molecular weight is 315 g/mol. The summed E-state index contributed by atoms with van der Waals surface area (Å²) in [5.41, 5.74) is 3.33. The van der Waals surface area contributed by atoms with E-state index in [1.165, 1.54) is 37.2 Å². The van der Waals surface area contributed by atoms with Crippen LogP contribution in [-0.2, 0) is 4.74 Å². The Labute approximate surface area is 125 Å². The maximum atomic E-state index is 10.5. The van der Waals surface area contributed by atoms with E-state index in [2.05, 4.69) is 10.5 Å². The van der Waals surface area contributed by atoms with E-state index in [1.54, 1.807) is 6.08 Å². The van der Waals surface area contributed by atoms with Crippen molar-refractivity contribution >= 4 is 46.5 Å². The number of nitrogens with zero attached hydrogens (tertiary/aromatic N) is 2. The van der Waals surface area contributed by atoms with Crippen LogP contribution >= 0.6 is 24.0 Å². The molecule has 20 heavy (non-hydrogen) atoms. The number of rotatable bonds is 6. The third-order valence-corrected chi connectivity index (χ3v) is 3.06. The van der Waals surface area contributed by atoms with E-state index in [-0.39, 0.29) is 12.5 Å². The topological polar surface area (TPSA) is 89.9 Å². The van der Waals surface area contributed by atoms with Crippen molar-refractivity contribution in [3.05, 3.63) is 33.6 Å². The zero-order chi connectivity index (χ0) is 15.0. The highest BCUT2D eigenvalue weighted by molar-refractivity contribution is 8.22. The lowest BCUT2D eigenvalue weighted by atomic mass is 10.2. The molecule has 0 spiro atoms. The van der Waals surface area contributed by atoms with Crippen LogP contribution < -0.4 is 5.43 Å². The summed E-state index contributed by atoms with van der Waals surface area (Å²) in [7, 11) is 1.53. The van der Waals surface area contributed by atoms with Gasteiger partial charge in [-0.3, -0.25) is 15.5 Å². The molecule has 108 valence electrons. The number of ether oxygens (including phenoxy) is 1. The molecule has 0 unspecified atom stereocenters. The molecule has 1 rings (SSSR count). The number of hydrogen-bond donors (Lipinski definition) is 1. The third-order valence-electron chi connectivity index (χ3n) is 2.00. The van der Waals surface area contributed by atoms with Crippen molar-refractivity contribution in [1.82, 2.24) is 5.43 Å². The minimum absolute atomic E-state index is 0.283. The van der Waals surface area contributed by atoms with Crippen molar-refractivity contribution in [3.8, 4) is 0 Å². The van der Waals surface area contributed by atoms with Crippen molar-refractivity contribution in [1.29, 1.82) is 0 Å². The van der Waals surface area contributed by atoms with Crippen LogP contribution in [-0.4, -0.2) is 35.4 Å². The van der Waals surface area contributed by atoms with Crippen LogP contribution in [0.1, 0.15) is 5.76 Å². The van der Waals surface area contributed by atoms with E-state index >= 15 is 0 Å². The fourth-order valence-corrected chi connectivity index (χ4v) is 1.39. The molecule has 0 aliphatic rings. The van der Waals surface area contributed by atoms with Gasteiger partial charge in [0.15, 0.2) is 4.32 Å². The maximum Gasteiger partial charge on any atom is 0.433 e. The molecule has 0 bridgehead atoms. The Hall–Kier alpha value is -1.71. The van der Waals surface area contributed by atoms with Crippen LogP contribution in [0, 0.1) is 10.1 Å². The Morgan fingerprint density at radius 2 is 2.45 bits per heavy atom. The Balaban J connectivity index is 2.80. The van der Waals surface area contributed by atoms with Gasteiger partial charge in [0.1, 0.15) is 10.7 Å². The minimum atomic E-state index is -0.597. The van der Waals surface area contributed by atoms with Gasteiger partial charge in [-0.2, -0.15) is 5.10 Å². The number of nitrogens with one attached hydrogen (secondary N) is 1. The van der Waals surface area contributed by atoms with Gasteiger partial charge in [-0.1, -0.05) is 24.0 Å². The molecule has 1 aromatic rings. The van der Waals surface area contributed by atoms with Crippen molar-refractivity contribution in [2.45, 2.75) is 0 Å². The first-order valence-electron chi connectivity index (χ1n) is 5.37. The molecule has 0 fully saturated rings. The van der Waals surface area contributed by atoms with Crippen LogP contribution in [0.2, 0.25) is 0 Å². The van der Waals surface area contributed by atoms with Gasteiger partial charge in [0, 0.05) is 12.7 Å².